The molecule has 1 amide bonds. The maximum Gasteiger partial charge on any atom is 0.240 e. The molecule has 0 radical (unpaired) electrons. The van der Waals surface area contributed by atoms with Crippen LogP contribution in [0.2, 0.25) is 0 Å². The fourth-order valence-corrected chi connectivity index (χ4v) is 3.28. The molecule has 3 rings (SSSR count). The Bertz CT molecular complexity index is 493. The Labute approximate surface area is 132 Å². The van der Waals surface area contributed by atoms with Crippen LogP contribution in [0.5, 0.6) is 0 Å². The number of hydrogen-bond donors (Lipinski definition) is 3. The molecule has 22 heavy (non-hydrogen) atoms. The van der Waals surface area contributed by atoms with E-state index < -0.39 is 11.6 Å². The van der Waals surface area contributed by atoms with Gasteiger partial charge in [0.25, 0.3) is 0 Å². The van der Waals surface area contributed by atoms with Crippen LogP contribution in [0.1, 0.15) is 50.2 Å². The third kappa shape index (κ3) is 3.68. The normalized spacial score (nSPS) is 21.5. The average molecular weight is 302 g/mol. The van der Waals surface area contributed by atoms with Gasteiger partial charge < -0.3 is 15.7 Å². The van der Waals surface area contributed by atoms with Gasteiger partial charge >= 0.3 is 0 Å². The Morgan fingerprint density at radius 3 is 2.55 bits per heavy atom. The van der Waals surface area contributed by atoms with Gasteiger partial charge in [0, 0.05) is 13.1 Å². The Kier molecular flexibility index (Phi) is 4.79. The molecular weight excluding hydrogens is 276 g/mol. The predicted molar refractivity (Wildman–Crippen MR) is 86.3 cm³/mol. The highest BCUT2D eigenvalue weighted by Crippen LogP contribution is 2.32. The highest BCUT2D eigenvalue weighted by atomic mass is 16.3. The molecule has 2 aliphatic rings. The molecule has 2 fully saturated rings. The third-order valence-electron chi connectivity index (χ3n) is 4.96. The van der Waals surface area contributed by atoms with E-state index in [4.69, 9.17) is 0 Å². The van der Waals surface area contributed by atoms with Gasteiger partial charge in [-0.1, -0.05) is 43.2 Å². The fraction of sp³-hybridized carbons (Fsp3) is 0.611. The SMILES string of the molecule is O=C(NCC1CC1)C1(NCC(O)c2ccccc2)CCCC1. The smallest absolute Gasteiger partial charge is 0.240 e. The third-order valence-corrected chi connectivity index (χ3v) is 4.96. The van der Waals surface area contributed by atoms with Crippen LogP contribution in [0.4, 0.5) is 0 Å². The van der Waals surface area contributed by atoms with Gasteiger partial charge in [0.2, 0.25) is 5.91 Å². The van der Waals surface area contributed by atoms with Crippen molar-refractivity contribution in [2.75, 3.05) is 13.1 Å². The number of aliphatic hydroxyl groups excluding tert-OH is 1. The van der Waals surface area contributed by atoms with E-state index in [2.05, 4.69) is 10.6 Å². The van der Waals surface area contributed by atoms with Gasteiger partial charge in [-0.2, -0.15) is 0 Å². The summed E-state index contributed by atoms with van der Waals surface area (Å²) in [4.78, 5) is 12.6. The number of rotatable bonds is 7. The minimum Gasteiger partial charge on any atom is -0.387 e. The molecule has 1 unspecified atom stereocenters. The first-order valence-corrected chi connectivity index (χ1v) is 8.46. The summed E-state index contributed by atoms with van der Waals surface area (Å²) in [5.41, 5.74) is 0.409. The fourth-order valence-electron chi connectivity index (χ4n) is 3.28. The van der Waals surface area contributed by atoms with Gasteiger partial charge in [0.05, 0.1) is 11.6 Å². The molecule has 2 saturated carbocycles. The molecule has 4 heteroatoms. The minimum atomic E-state index is -0.574. The Morgan fingerprint density at radius 1 is 1.23 bits per heavy atom. The van der Waals surface area contributed by atoms with Crippen molar-refractivity contribution in [3.63, 3.8) is 0 Å². The molecule has 1 aromatic rings. The molecule has 4 nitrogen and oxygen atoms in total. The lowest BCUT2D eigenvalue weighted by Crippen LogP contribution is -2.56. The summed E-state index contributed by atoms with van der Waals surface area (Å²) in [7, 11) is 0. The van der Waals surface area contributed by atoms with Gasteiger partial charge in [-0.15, -0.1) is 0 Å². The monoisotopic (exact) mass is 302 g/mol. The number of benzene rings is 1. The van der Waals surface area contributed by atoms with Crippen LogP contribution < -0.4 is 10.6 Å². The standard InChI is InChI=1S/C18H26N2O2/c21-16(15-6-2-1-3-7-15)13-20-18(10-4-5-11-18)17(22)19-12-14-8-9-14/h1-3,6-7,14,16,20-21H,4-5,8-13H2,(H,19,22). The van der Waals surface area contributed by atoms with Crippen LogP contribution in [0.3, 0.4) is 0 Å². The molecule has 0 spiro atoms. The Hall–Kier alpha value is -1.39. The highest BCUT2D eigenvalue weighted by Gasteiger charge is 2.41. The second kappa shape index (κ2) is 6.80. The minimum absolute atomic E-state index is 0.122. The van der Waals surface area contributed by atoms with Gasteiger partial charge in [0.1, 0.15) is 0 Å². The van der Waals surface area contributed by atoms with Gasteiger partial charge in [-0.05, 0) is 37.2 Å². The van der Waals surface area contributed by atoms with E-state index in [9.17, 15) is 9.90 Å². The van der Waals surface area contributed by atoms with E-state index in [1.54, 1.807) is 0 Å². The zero-order valence-electron chi connectivity index (χ0n) is 13.1. The van der Waals surface area contributed by atoms with Crippen LogP contribution >= 0.6 is 0 Å². The summed E-state index contributed by atoms with van der Waals surface area (Å²) >= 11 is 0. The first kappa shape index (κ1) is 15.5. The summed E-state index contributed by atoms with van der Waals surface area (Å²) in [6.45, 7) is 1.23. The summed E-state index contributed by atoms with van der Waals surface area (Å²) in [5, 5.41) is 16.8. The van der Waals surface area contributed by atoms with Gasteiger partial charge in [-0.3, -0.25) is 4.79 Å². The molecule has 3 N–H and O–H groups in total. The van der Waals surface area contributed by atoms with Gasteiger partial charge in [-0.25, -0.2) is 0 Å². The lowest BCUT2D eigenvalue weighted by atomic mass is 9.95. The van der Waals surface area contributed by atoms with Crippen LogP contribution in [0.25, 0.3) is 0 Å². The van der Waals surface area contributed by atoms with Crippen molar-refractivity contribution in [3.8, 4) is 0 Å². The van der Waals surface area contributed by atoms with E-state index in [0.717, 1.165) is 37.8 Å². The number of aliphatic hydroxyl groups is 1. The summed E-state index contributed by atoms with van der Waals surface area (Å²) in [6, 6.07) is 9.62. The lowest BCUT2D eigenvalue weighted by Gasteiger charge is -2.30. The topological polar surface area (TPSA) is 61.4 Å². The summed E-state index contributed by atoms with van der Waals surface area (Å²) in [5.74, 6) is 0.814. The number of amides is 1. The summed E-state index contributed by atoms with van der Waals surface area (Å²) < 4.78 is 0. The van der Waals surface area contributed by atoms with Crippen LogP contribution in [0.15, 0.2) is 30.3 Å². The number of nitrogens with one attached hydrogen (secondary N) is 2. The van der Waals surface area contributed by atoms with Crippen molar-refractivity contribution in [3.05, 3.63) is 35.9 Å². The van der Waals surface area contributed by atoms with E-state index >= 15 is 0 Å². The second-order valence-electron chi connectivity index (χ2n) is 6.75. The van der Waals surface area contributed by atoms with E-state index in [-0.39, 0.29) is 5.91 Å². The Morgan fingerprint density at radius 2 is 1.91 bits per heavy atom. The first-order chi connectivity index (χ1) is 10.7. The highest BCUT2D eigenvalue weighted by molar-refractivity contribution is 5.86. The zero-order chi connectivity index (χ0) is 15.4. The largest absolute Gasteiger partial charge is 0.387 e. The number of β-amino-alcohol motifs (C(OH)–C–C–N with tert-alkyl or cyclic N) is 1. The van der Waals surface area contributed by atoms with E-state index in [0.29, 0.717) is 12.5 Å². The molecule has 0 heterocycles. The van der Waals surface area contributed by atoms with E-state index in [1.165, 1.54) is 12.8 Å². The average Bonchev–Trinajstić information content (AvgIpc) is 3.27. The number of hydrogen-bond acceptors (Lipinski definition) is 3. The van der Waals surface area contributed by atoms with Crippen molar-refractivity contribution >= 4 is 5.91 Å². The predicted octanol–water partition coefficient (Wildman–Crippen LogP) is 2.15. The molecule has 1 aromatic carbocycles. The molecule has 2 aliphatic carbocycles. The molecule has 0 aliphatic heterocycles. The molecule has 120 valence electrons. The molecule has 0 bridgehead atoms. The van der Waals surface area contributed by atoms with Crippen molar-refractivity contribution < 1.29 is 9.90 Å². The van der Waals surface area contributed by atoms with Crippen LogP contribution in [-0.4, -0.2) is 29.6 Å². The maximum atomic E-state index is 12.6. The second-order valence-corrected chi connectivity index (χ2v) is 6.75. The Balaban J connectivity index is 1.57. The van der Waals surface area contributed by atoms with Crippen molar-refractivity contribution in [1.29, 1.82) is 0 Å². The zero-order valence-corrected chi connectivity index (χ0v) is 13.1. The van der Waals surface area contributed by atoms with Crippen molar-refractivity contribution in [1.82, 2.24) is 10.6 Å². The van der Waals surface area contributed by atoms with Crippen LogP contribution in [-0.2, 0) is 4.79 Å². The van der Waals surface area contributed by atoms with E-state index in [1.807, 2.05) is 30.3 Å². The molecule has 0 aromatic heterocycles. The number of carbonyl (C=O) groups excluding carboxylic acids is 1. The van der Waals surface area contributed by atoms with Crippen molar-refractivity contribution in [2.45, 2.75) is 50.2 Å². The molecule has 0 saturated heterocycles. The lowest BCUT2D eigenvalue weighted by molar-refractivity contribution is -0.127. The van der Waals surface area contributed by atoms with Crippen molar-refractivity contribution in [2.24, 2.45) is 5.92 Å². The summed E-state index contributed by atoms with van der Waals surface area (Å²) in [6.07, 6.45) is 5.79. The quantitative estimate of drug-likeness (QED) is 0.723. The number of carbonyl (C=O) groups is 1. The maximum absolute atomic E-state index is 12.6. The molecular formula is C18H26N2O2. The van der Waals surface area contributed by atoms with Crippen LogP contribution in [0, 0.1) is 5.92 Å². The first-order valence-electron chi connectivity index (χ1n) is 8.46. The molecule has 1 atom stereocenters. The van der Waals surface area contributed by atoms with Gasteiger partial charge in [0.15, 0.2) is 0 Å².